The number of halogens is 2. The lowest BCUT2D eigenvalue weighted by molar-refractivity contribution is -0.0546. The predicted molar refractivity (Wildman–Crippen MR) is 78.6 cm³/mol. The quantitative estimate of drug-likeness (QED) is 0.835. The number of likely N-dealkylation sites (N-methyl/N-ethyl adjacent to an activating group) is 1. The zero-order valence-corrected chi connectivity index (χ0v) is 12.9. The zero-order valence-electron chi connectivity index (χ0n) is 11.4. The fourth-order valence-electron chi connectivity index (χ4n) is 2.24. The van der Waals surface area contributed by atoms with Gasteiger partial charge in [0.2, 0.25) is 0 Å². The molecule has 1 aromatic carbocycles. The normalized spacial score (nSPS) is 16.3. The summed E-state index contributed by atoms with van der Waals surface area (Å²) < 4.78 is 5.92. The van der Waals surface area contributed by atoms with Gasteiger partial charge in [0.15, 0.2) is 0 Å². The van der Waals surface area contributed by atoms with Crippen LogP contribution >= 0.6 is 23.2 Å². The van der Waals surface area contributed by atoms with E-state index in [0.717, 1.165) is 12.0 Å². The average molecular weight is 290 g/mol. The zero-order chi connectivity index (χ0) is 13.8. The van der Waals surface area contributed by atoms with E-state index in [2.05, 4.69) is 19.2 Å². The number of nitrogens with one attached hydrogen (secondary N) is 1. The van der Waals surface area contributed by atoms with Crippen molar-refractivity contribution in [3.8, 4) is 0 Å². The lowest BCUT2D eigenvalue weighted by Crippen LogP contribution is -2.42. The van der Waals surface area contributed by atoms with Gasteiger partial charge in [-0.1, -0.05) is 30.1 Å². The second-order valence-corrected chi connectivity index (χ2v) is 5.33. The van der Waals surface area contributed by atoms with E-state index in [1.807, 2.05) is 26.1 Å². The third kappa shape index (κ3) is 3.39. The van der Waals surface area contributed by atoms with Crippen LogP contribution in [0.15, 0.2) is 18.2 Å². The van der Waals surface area contributed by atoms with Crippen molar-refractivity contribution in [3.05, 3.63) is 33.8 Å². The average Bonchev–Trinajstić information content (AvgIpc) is 2.34. The van der Waals surface area contributed by atoms with Crippen LogP contribution in [0.2, 0.25) is 10.0 Å². The van der Waals surface area contributed by atoms with Crippen LogP contribution in [-0.2, 0) is 4.74 Å². The molecule has 1 aromatic rings. The Morgan fingerprint density at radius 1 is 1.33 bits per heavy atom. The first-order chi connectivity index (χ1) is 8.48. The van der Waals surface area contributed by atoms with E-state index in [1.54, 1.807) is 6.07 Å². The summed E-state index contributed by atoms with van der Waals surface area (Å²) in [5, 5.41) is 4.69. The highest BCUT2D eigenvalue weighted by molar-refractivity contribution is 6.33. The smallest absolute Gasteiger partial charge is 0.0846 e. The van der Waals surface area contributed by atoms with Crippen LogP contribution in [0.25, 0.3) is 0 Å². The number of hydrogen-bond donors (Lipinski definition) is 1. The van der Waals surface area contributed by atoms with Gasteiger partial charge in [0.05, 0.1) is 11.6 Å². The maximum atomic E-state index is 6.28. The van der Waals surface area contributed by atoms with Crippen molar-refractivity contribution in [1.82, 2.24) is 5.32 Å². The van der Waals surface area contributed by atoms with Crippen LogP contribution in [0.4, 0.5) is 0 Å². The van der Waals surface area contributed by atoms with E-state index in [-0.39, 0.29) is 11.6 Å². The SMILES string of the molecule is CCOC(C)(CC)C(NC)c1cc(Cl)ccc1Cl. The van der Waals surface area contributed by atoms with E-state index >= 15 is 0 Å². The summed E-state index contributed by atoms with van der Waals surface area (Å²) in [6.07, 6.45) is 0.884. The highest BCUT2D eigenvalue weighted by atomic mass is 35.5. The van der Waals surface area contributed by atoms with Gasteiger partial charge in [-0.25, -0.2) is 0 Å². The molecular formula is C14H21Cl2NO. The van der Waals surface area contributed by atoms with Crippen LogP contribution < -0.4 is 5.32 Å². The molecule has 0 radical (unpaired) electrons. The van der Waals surface area contributed by atoms with Gasteiger partial charge in [0.25, 0.3) is 0 Å². The maximum absolute atomic E-state index is 6.28. The standard InChI is InChI=1S/C14H21Cl2NO/c1-5-14(3,18-6-2)13(17-4)11-9-10(15)7-8-12(11)16/h7-9,13,17H,5-6H2,1-4H3. The Hall–Kier alpha value is -0.280. The minimum atomic E-state index is -0.308. The van der Waals surface area contributed by atoms with Crippen molar-refractivity contribution in [2.24, 2.45) is 0 Å². The van der Waals surface area contributed by atoms with Crippen molar-refractivity contribution >= 4 is 23.2 Å². The molecule has 0 saturated carbocycles. The molecule has 0 heterocycles. The Labute approximate surface area is 120 Å². The van der Waals surface area contributed by atoms with E-state index in [9.17, 15) is 0 Å². The van der Waals surface area contributed by atoms with Crippen LogP contribution in [0.3, 0.4) is 0 Å². The second kappa shape index (κ2) is 6.76. The van der Waals surface area contributed by atoms with Gasteiger partial charge in [-0.3, -0.25) is 0 Å². The second-order valence-electron chi connectivity index (χ2n) is 4.49. The number of ether oxygens (including phenoxy) is 1. The van der Waals surface area contributed by atoms with Gasteiger partial charge < -0.3 is 10.1 Å². The molecule has 0 fully saturated rings. The first-order valence-corrected chi connectivity index (χ1v) is 7.00. The summed E-state index contributed by atoms with van der Waals surface area (Å²) in [6, 6.07) is 5.53. The van der Waals surface area contributed by atoms with Crippen LogP contribution in [0.1, 0.15) is 38.8 Å². The Balaban J connectivity index is 3.19. The Kier molecular flexibility index (Phi) is 5.93. The minimum absolute atomic E-state index is 0.00801. The van der Waals surface area contributed by atoms with Gasteiger partial charge in [0.1, 0.15) is 0 Å². The van der Waals surface area contributed by atoms with Gasteiger partial charge in [0, 0.05) is 16.7 Å². The van der Waals surface area contributed by atoms with E-state index in [4.69, 9.17) is 27.9 Å². The predicted octanol–water partition coefficient (Wildman–Crippen LogP) is 4.46. The number of hydrogen-bond acceptors (Lipinski definition) is 2. The fraction of sp³-hybridized carbons (Fsp3) is 0.571. The summed E-state index contributed by atoms with van der Waals surface area (Å²) in [5.74, 6) is 0. The van der Waals surface area contributed by atoms with Crippen molar-refractivity contribution in [3.63, 3.8) is 0 Å². The van der Waals surface area contributed by atoms with E-state index in [0.29, 0.717) is 16.7 Å². The van der Waals surface area contributed by atoms with Crippen molar-refractivity contribution < 1.29 is 4.74 Å². The van der Waals surface area contributed by atoms with Gasteiger partial charge in [-0.15, -0.1) is 0 Å². The van der Waals surface area contributed by atoms with Crippen LogP contribution in [0, 0.1) is 0 Å². The minimum Gasteiger partial charge on any atom is -0.374 e. The molecule has 0 spiro atoms. The van der Waals surface area contributed by atoms with Crippen LogP contribution in [0.5, 0.6) is 0 Å². The molecular weight excluding hydrogens is 269 g/mol. The molecule has 0 bridgehead atoms. The van der Waals surface area contributed by atoms with Crippen LogP contribution in [-0.4, -0.2) is 19.3 Å². The molecule has 0 amide bonds. The molecule has 2 unspecified atom stereocenters. The Morgan fingerprint density at radius 2 is 2.00 bits per heavy atom. The third-order valence-corrected chi connectivity index (χ3v) is 3.92. The molecule has 0 aliphatic heterocycles. The molecule has 0 saturated heterocycles. The molecule has 1 rings (SSSR count). The Bertz CT molecular complexity index is 397. The lowest BCUT2D eigenvalue weighted by atomic mass is 9.87. The molecule has 0 aromatic heterocycles. The van der Waals surface area contributed by atoms with Gasteiger partial charge >= 0.3 is 0 Å². The van der Waals surface area contributed by atoms with E-state index in [1.165, 1.54) is 0 Å². The van der Waals surface area contributed by atoms with Gasteiger partial charge in [-0.2, -0.15) is 0 Å². The topological polar surface area (TPSA) is 21.3 Å². The van der Waals surface area contributed by atoms with E-state index < -0.39 is 0 Å². The molecule has 102 valence electrons. The molecule has 0 aliphatic carbocycles. The molecule has 0 aliphatic rings. The summed E-state index contributed by atoms with van der Waals surface area (Å²) in [4.78, 5) is 0. The summed E-state index contributed by atoms with van der Waals surface area (Å²) >= 11 is 12.3. The van der Waals surface area contributed by atoms with Crippen molar-refractivity contribution in [2.45, 2.75) is 38.8 Å². The number of rotatable bonds is 6. The fourth-order valence-corrected chi connectivity index (χ4v) is 2.65. The summed E-state index contributed by atoms with van der Waals surface area (Å²) in [5.41, 5.74) is 0.669. The largest absolute Gasteiger partial charge is 0.374 e. The molecule has 2 atom stereocenters. The lowest BCUT2D eigenvalue weighted by Gasteiger charge is -2.37. The van der Waals surface area contributed by atoms with Crippen molar-refractivity contribution in [2.75, 3.05) is 13.7 Å². The molecule has 1 N–H and O–H groups in total. The third-order valence-electron chi connectivity index (χ3n) is 3.34. The monoisotopic (exact) mass is 289 g/mol. The molecule has 4 heteroatoms. The first kappa shape index (κ1) is 15.8. The Morgan fingerprint density at radius 3 is 2.50 bits per heavy atom. The molecule has 2 nitrogen and oxygen atoms in total. The summed E-state index contributed by atoms with van der Waals surface area (Å²) in [7, 11) is 1.91. The number of benzene rings is 1. The van der Waals surface area contributed by atoms with Gasteiger partial charge in [-0.05, 0) is 51.1 Å². The highest BCUT2D eigenvalue weighted by Gasteiger charge is 2.34. The maximum Gasteiger partial charge on any atom is 0.0846 e. The first-order valence-electron chi connectivity index (χ1n) is 6.24. The highest BCUT2D eigenvalue weighted by Crippen LogP contribution is 2.36. The molecule has 18 heavy (non-hydrogen) atoms. The summed E-state index contributed by atoms with van der Waals surface area (Å²) in [6.45, 7) is 6.87. The van der Waals surface area contributed by atoms with Crippen molar-refractivity contribution in [1.29, 1.82) is 0 Å².